The summed E-state index contributed by atoms with van der Waals surface area (Å²) in [6, 6.07) is 3.94. The van der Waals surface area contributed by atoms with Crippen LogP contribution in [0.4, 0.5) is 14.9 Å². The van der Waals surface area contributed by atoms with Gasteiger partial charge < -0.3 is 15.0 Å². The highest BCUT2D eigenvalue weighted by Gasteiger charge is 2.29. The van der Waals surface area contributed by atoms with E-state index < -0.39 is 5.82 Å². The number of esters is 1. The smallest absolute Gasteiger partial charge is 0.321 e. The van der Waals surface area contributed by atoms with Gasteiger partial charge in [-0.25, -0.2) is 9.18 Å². The summed E-state index contributed by atoms with van der Waals surface area (Å²) in [5.41, 5.74) is 1.23. The number of likely N-dealkylation sites (tertiary alicyclic amines) is 1. The molecular formula is C16H21FN2O3. The summed E-state index contributed by atoms with van der Waals surface area (Å²) >= 11 is 0. The molecule has 120 valence electrons. The molecule has 1 atom stereocenters. The van der Waals surface area contributed by atoms with Gasteiger partial charge >= 0.3 is 12.0 Å². The number of ether oxygens (including phenoxy) is 1. The van der Waals surface area contributed by atoms with Gasteiger partial charge in [-0.1, -0.05) is 6.07 Å². The lowest BCUT2D eigenvalue weighted by Gasteiger charge is -2.31. The van der Waals surface area contributed by atoms with Crippen molar-refractivity contribution in [2.24, 2.45) is 5.92 Å². The fraction of sp³-hybridized carbons (Fsp3) is 0.500. The largest absolute Gasteiger partial charge is 0.466 e. The Bertz CT molecular complexity index is 562. The van der Waals surface area contributed by atoms with Crippen LogP contribution in [0.5, 0.6) is 0 Å². The first-order valence-corrected chi connectivity index (χ1v) is 7.50. The summed E-state index contributed by atoms with van der Waals surface area (Å²) in [6.45, 7) is 4.81. The van der Waals surface area contributed by atoms with Gasteiger partial charge in [0.05, 0.1) is 12.5 Å². The quantitative estimate of drug-likeness (QED) is 0.873. The fourth-order valence-corrected chi connectivity index (χ4v) is 2.54. The first-order valence-electron chi connectivity index (χ1n) is 7.50. The molecule has 0 radical (unpaired) electrons. The lowest BCUT2D eigenvalue weighted by Crippen LogP contribution is -2.44. The second-order valence-electron chi connectivity index (χ2n) is 5.43. The van der Waals surface area contributed by atoms with E-state index in [0.717, 1.165) is 18.4 Å². The number of urea groups is 1. The van der Waals surface area contributed by atoms with Crippen LogP contribution in [-0.2, 0) is 9.53 Å². The van der Waals surface area contributed by atoms with Crippen LogP contribution in [0.3, 0.4) is 0 Å². The number of anilines is 1. The zero-order valence-corrected chi connectivity index (χ0v) is 12.9. The molecular weight excluding hydrogens is 287 g/mol. The maximum absolute atomic E-state index is 13.3. The summed E-state index contributed by atoms with van der Waals surface area (Å²) in [7, 11) is 0. The molecule has 0 aliphatic carbocycles. The van der Waals surface area contributed by atoms with Crippen LogP contribution < -0.4 is 5.32 Å². The van der Waals surface area contributed by atoms with E-state index in [1.165, 1.54) is 12.1 Å². The molecule has 2 rings (SSSR count). The topological polar surface area (TPSA) is 58.6 Å². The van der Waals surface area contributed by atoms with E-state index in [2.05, 4.69) is 5.32 Å². The van der Waals surface area contributed by atoms with Crippen LogP contribution in [0.15, 0.2) is 18.2 Å². The Morgan fingerprint density at radius 2 is 2.23 bits per heavy atom. The van der Waals surface area contributed by atoms with Crippen molar-refractivity contribution in [2.45, 2.75) is 26.7 Å². The molecule has 1 aliphatic rings. The van der Waals surface area contributed by atoms with Gasteiger partial charge in [-0.05, 0) is 44.4 Å². The van der Waals surface area contributed by atoms with Crippen molar-refractivity contribution in [1.82, 2.24) is 4.90 Å². The molecule has 0 bridgehead atoms. The number of halogens is 1. The zero-order valence-electron chi connectivity index (χ0n) is 12.9. The molecule has 2 amide bonds. The average Bonchev–Trinajstić information content (AvgIpc) is 2.51. The van der Waals surface area contributed by atoms with Crippen LogP contribution in [0.25, 0.3) is 0 Å². The van der Waals surface area contributed by atoms with Crippen molar-refractivity contribution >= 4 is 17.7 Å². The number of nitrogens with one attached hydrogen (secondary N) is 1. The predicted octanol–water partition coefficient (Wildman–Crippen LogP) is 2.94. The first-order chi connectivity index (χ1) is 10.5. The molecule has 5 nitrogen and oxygen atoms in total. The van der Waals surface area contributed by atoms with Gasteiger partial charge in [0.2, 0.25) is 0 Å². The molecule has 1 aromatic carbocycles. The molecule has 0 spiro atoms. The zero-order chi connectivity index (χ0) is 16.1. The molecule has 1 N–H and O–H groups in total. The molecule has 6 heteroatoms. The molecule has 1 unspecified atom stereocenters. The van der Waals surface area contributed by atoms with E-state index in [4.69, 9.17) is 4.74 Å². The number of benzene rings is 1. The van der Waals surface area contributed by atoms with Crippen LogP contribution in [-0.4, -0.2) is 36.6 Å². The molecule has 22 heavy (non-hydrogen) atoms. The van der Waals surface area contributed by atoms with E-state index in [0.29, 0.717) is 25.4 Å². The predicted molar refractivity (Wildman–Crippen MR) is 81.1 cm³/mol. The maximum atomic E-state index is 13.3. The standard InChI is InChI=1S/C16H21FN2O3/c1-3-22-15(20)12-5-4-8-19(10-12)16(21)18-14-9-13(17)7-6-11(14)2/h6-7,9,12H,3-5,8,10H2,1-2H3,(H,18,21). The van der Waals surface area contributed by atoms with Crippen molar-refractivity contribution in [3.05, 3.63) is 29.6 Å². The van der Waals surface area contributed by atoms with Gasteiger partial charge in [0.1, 0.15) is 5.82 Å². The van der Waals surface area contributed by atoms with Crippen molar-refractivity contribution in [1.29, 1.82) is 0 Å². The van der Waals surface area contributed by atoms with Crippen molar-refractivity contribution in [3.63, 3.8) is 0 Å². The summed E-state index contributed by atoms with van der Waals surface area (Å²) in [4.78, 5) is 25.7. The highest BCUT2D eigenvalue weighted by Crippen LogP contribution is 2.21. The SMILES string of the molecule is CCOC(=O)C1CCCN(C(=O)Nc2cc(F)ccc2C)C1. The Morgan fingerprint density at radius 1 is 1.45 bits per heavy atom. The summed E-state index contributed by atoms with van der Waals surface area (Å²) in [5.74, 6) is -0.945. The fourth-order valence-electron chi connectivity index (χ4n) is 2.54. The van der Waals surface area contributed by atoms with E-state index in [1.54, 1.807) is 24.8 Å². The number of aryl methyl sites for hydroxylation is 1. The van der Waals surface area contributed by atoms with Gasteiger partial charge in [0, 0.05) is 18.8 Å². The summed E-state index contributed by atoms with van der Waals surface area (Å²) in [6.07, 6.45) is 1.47. The van der Waals surface area contributed by atoms with Crippen LogP contribution in [0, 0.1) is 18.7 Å². The van der Waals surface area contributed by atoms with Gasteiger partial charge in [-0.15, -0.1) is 0 Å². The Kier molecular flexibility index (Phi) is 5.35. The van der Waals surface area contributed by atoms with Crippen molar-refractivity contribution < 1.29 is 18.7 Å². The average molecular weight is 308 g/mol. The molecule has 1 aliphatic heterocycles. The highest BCUT2D eigenvalue weighted by atomic mass is 19.1. The number of carbonyl (C=O) groups is 2. The lowest BCUT2D eigenvalue weighted by molar-refractivity contribution is -0.149. The Labute approximate surface area is 129 Å². The van der Waals surface area contributed by atoms with E-state index in [-0.39, 0.29) is 17.9 Å². The normalized spacial score (nSPS) is 18.0. The summed E-state index contributed by atoms with van der Waals surface area (Å²) in [5, 5.41) is 2.71. The second kappa shape index (κ2) is 7.24. The van der Waals surface area contributed by atoms with E-state index in [1.807, 2.05) is 0 Å². The van der Waals surface area contributed by atoms with Crippen LogP contribution >= 0.6 is 0 Å². The molecule has 0 aromatic heterocycles. The molecule has 1 heterocycles. The number of piperidine rings is 1. The van der Waals surface area contributed by atoms with Crippen LogP contribution in [0.2, 0.25) is 0 Å². The molecule has 0 saturated carbocycles. The van der Waals surface area contributed by atoms with Gasteiger partial charge in [-0.3, -0.25) is 4.79 Å². The minimum atomic E-state index is -0.399. The minimum Gasteiger partial charge on any atom is -0.466 e. The van der Waals surface area contributed by atoms with Crippen LogP contribution in [0.1, 0.15) is 25.3 Å². The van der Waals surface area contributed by atoms with Crippen molar-refractivity contribution in [2.75, 3.05) is 25.0 Å². The highest BCUT2D eigenvalue weighted by molar-refractivity contribution is 5.90. The number of amides is 2. The summed E-state index contributed by atoms with van der Waals surface area (Å²) < 4.78 is 18.3. The number of rotatable bonds is 3. The van der Waals surface area contributed by atoms with Gasteiger partial charge in [0.15, 0.2) is 0 Å². The number of hydrogen-bond donors (Lipinski definition) is 1. The Balaban J connectivity index is 2.00. The first kappa shape index (κ1) is 16.3. The third-order valence-electron chi connectivity index (χ3n) is 3.77. The Hall–Kier alpha value is -2.11. The maximum Gasteiger partial charge on any atom is 0.321 e. The molecule has 1 saturated heterocycles. The third-order valence-corrected chi connectivity index (χ3v) is 3.77. The van der Waals surface area contributed by atoms with Gasteiger partial charge in [0.25, 0.3) is 0 Å². The van der Waals surface area contributed by atoms with E-state index in [9.17, 15) is 14.0 Å². The Morgan fingerprint density at radius 3 is 2.95 bits per heavy atom. The van der Waals surface area contributed by atoms with Gasteiger partial charge in [-0.2, -0.15) is 0 Å². The third kappa shape index (κ3) is 3.96. The van der Waals surface area contributed by atoms with E-state index >= 15 is 0 Å². The number of nitrogens with zero attached hydrogens (tertiary/aromatic N) is 1. The molecule has 1 fully saturated rings. The van der Waals surface area contributed by atoms with Crippen molar-refractivity contribution in [3.8, 4) is 0 Å². The lowest BCUT2D eigenvalue weighted by atomic mass is 9.98. The second-order valence-corrected chi connectivity index (χ2v) is 5.43. The number of hydrogen-bond acceptors (Lipinski definition) is 3. The number of carbonyl (C=O) groups excluding carboxylic acids is 2. The molecule has 1 aromatic rings. The monoisotopic (exact) mass is 308 g/mol. The minimum absolute atomic E-state index is 0.262.